The van der Waals surface area contributed by atoms with Crippen molar-refractivity contribution >= 4 is 0 Å². The summed E-state index contributed by atoms with van der Waals surface area (Å²) in [6.07, 6.45) is -0.102. The third kappa shape index (κ3) is 56.0. The summed E-state index contributed by atoms with van der Waals surface area (Å²) >= 11 is 0. The fraction of sp³-hybridized carbons (Fsp3) is 0.375. The SMILES string of the molecule is [2H]C([2H])(CNC)c1ccccn1.[2H]C([2H])(Cc1ccccn1)NC.[2H]C([2H])(NC)C([2H])([2H])c1ccccn1.[2H]C([2H])([2H])NC([2H])([2H])C([2H])([2H])c1ccccn1.[2H]C([2H])([2H])NC([2H])([2H])Cc1ccccn1.[2H]C([2H])([2H])NCC([2H])([2H])c1ccccn1.[2H]C([2H])([2H])NCCc1ccccn1.[2H]c1nc(C([2H])([2H])C([2H])([2H])NC([2H])([2H])[2H])c([2H])c([2H])c1[2H].[2H]c1nc(CCNC([2H])([2H])[2H])c([2H])c([2H])c1[2H].[2H]c1nc(CCNC)c([2H])c([2H])c1[2H]. The Bertz CT molecular complexity index is 5560. The first-order valence-electron chi connectivity index (χ1n) is 54.9. The highest BCUT2D eigenvalue weighted by Crippen LogP contribution is 1.99. The van der Waals surface area contributed by atoms with Crippen molar-refractivity contribution in [3.8, 4) is 0 Å². The number of hydrogen-bond donors (Lipinski definition) is 10. The number of aryl methyl sites for hydroxylation is 5. The van der Waals surface area contributed by atoms with E-state index in [9.17, 15) is 0 Å². The van der Waals surface area contributed by atoms with E-state index < -0.39 is 136 Å². The Morgan fingerprint density at radius 1 is 0.250 bits per heavy atom. The molecule has 10 aromatic heterocycles. The van der Waals surface area contributed by atoms with Gasteiger partial charge in [-0.15, -0.1) is 0 Å². The van der Waals surface area contributed by atoms with Crippen molar-refractivity contribution in [2.24, 2.45) is 0 Å². The zero-order valence-corrected chi connectivity index (χ0v) is 55.7. The fourth-order valence-electron chi connectivity index (χ4n) is 5.95. The van der Waals surface area contributed by atoms with Crippen LogP contribution in [0, 0.1) is 0 Å². The van der Waals surface area contributed by atoms with E-state index in [1.165, 1.54) is 55.2 Å². The molecule has 0 spiro atoms. The maximum Gasteiger partial charge on any atom is 0.0840 e. The van der Waals surface area contributed by atoms with Gasteiger partial charge in [0.2, 0.25) is 0 Å². The summed E-state index contributed by atoms with van der Waals surface area (Å²) in [6.45, 7) is -25.1. The lowest BCUT2D eigenvalue weighted by atomic mass is 10.3. The van der Waals surface area contributed by atoms with Crippen LogP contribution in [0.5, 0.6) is 0 Å². The van der Waals surface area contributed by atoms with Crippen molar-refractivity contribution in [2.45, 2.75) is 64.0 Å². The Kier molecular flexibility index (Phi) is 26.0. The molecule has 0 bridgehead atoms. The molecule has 10 aromatic rings. The molecule has 20 nitrogen and oxygen atoms in total. The zero-order chi connectivity index (χ0) is 116. The van der Waals surface area contributed by atoms with Crippen LogP contribution in [-0.4, -0.2) is 185 Å². The Balaban J connectivity index is 0.000000837. The average Bonchev–Trinajstić information content (AvgIpc) is 0.808. The highest BCUT2D eigenvalue weighted by molar-refractivity contribution is 5.10. The Morgan fingerprint density at radius 2 is 0.520 bits per heavy atom. The minimum atomic E-state index is -3.14. The number of pyridine rings is 10. The minimum absolute atomic E-state index is 0.0405. The van der Waals surface area contributed by atoms with E-state index in [-0.39, 0.29) is 104 Å². The van der Waals surface area contributed by atoms with Crippen LogP contribution in [0.25, 0.3) is 0 Å². The summed E-state index contributed by atoms with van der Waals surface area (Å²) in [4.78, 5) is 38.2. The zero-order valence-electron chi connectivity index (χ0n) is 106. The summed E-state index contributed by atoms with van der Waals surface area (Å²) in [6, 6.07) is 31.6. The monoisotopic (exact) mass is 1410 g/mol. The van der Waals surface area contributed by atoms with Gasteiger partial charge in [-0.3, -0.25) is 49.8 Å². The molecule has 0 unspecified atom stereocenters. The van der Waals surface area contributed by atoms with Crippen LogP contribution in [0.2, 0.25) is 0 Å². The van der Waals surface area contributed by atoms with Crippen molar-refractivity contribution in [3.63, 3.8) is 0 Å². The molecule has 10 heterocycles. The summed E-state index contributed by atoms with van der Waals surface area (Å²) in [5.74, 6) is 0. The molecule has 0 aliphatic heterocycles. The summed E-state index contributed by atoms with van der Waals surface area (Å²) in [5.41, 5.74) is 2.45. The molecule has 540 valence electrons. The van der Waals surface area contributed by atoms with Crippen molar-refractivity contribution in [3.05, 3.63) is 301 Å². The Hall–Kier alpha value is -8.90. The number of hydrogen-bond acceptors (Lipinski definition) is 20. The standard InChI is InChI=1S/10C8H12N2/c10*1-9-7-5-8-4-2-3-6-10-8/h10*2-4,6,9H,5,7H2,1H3/i1D3,2D,3D,4D,5D2,6D,7D2;1D3,2D,3D,4D,6D;2D,3D,4D,6D;1D3,5D2,7D2;5D2,7D2;1D3,7D2;1D3,5D2;7D2;5D2;1D3. The summed E-state index contributed by atoms with van der Waals surface area (Å²) in [7, 11) is 6.48. The molecular weight excluding hydrogens is 1240 g/mol. The van der Waals surface area contributed by atoms with E-state index in [0.29, 0.717) is 49.4 Å². The van der Waals surface area contributed by atoms with Gasteiger partial charge in [0.05, 0.1) is 16.4 Å². The normalized spacial score (nSPS) is 19.2. The van der Waals surface area contributed by atoms with Gasteiger partial charge in [-0.25, -0.2) is 0 Å². The van der Waals surface area contributed by atoms with Gasteiger partial charge in [0.15, 0.2) is 0 Å². The minimum Gasteiger partial charge on any atom is -0.319 e. The van der Waals surface area contributed by atoms with E-state index in [1.54, 1.807) is 118 Å². The third-order valence-corrected chi connectivity index (χ3v) is 10.4. The van der Waals surface area contributed by atoms with Gasteiger partial charge < -0.3 is 53.2 Å². The molecule has 0 radical (unpaired) electrons. The van der Waals surface area contributed by atoms with Crippen LogP contribution in [0.4, 0.5) is 0 Å². The van der Waals surface area contributed by atoms with E-state index in [4.69, 9.17) is 68.5 Å². The first-order chi connectivity index (χ1) is 68.5. The van der Waals surface area contributed by atoms with Gasteiger partial charge in [0.25, 0.3) is 0 Å². The first-order valence-corrected chi connectivity index (χ1v) is 29.9. The lowest BCUT2D eigenvalue weighted by Gasteiger charge is -1.96. The first kappa shape index (κ1) is 37.1. The van der Waals surface area contributed by atoms with E-state index in [1.807, 2.05) is 41.7 Å². The summed E-state index contributed by atoms with van der Waals surface area (Å²) in [5, 5.41) is 22.5. The second kappa shape index (κ2) is 70.0. The molecule has 100 heavy (non-hydrogen) atoms. The topological polar surface area (TPSA) is 249 Å². The van der Waals surface area contributed by atoms with Crippen LogP contribution in [0.1, 0.15) is 125 Å². The maximum absolute atomic E-state index is 7.72. The van der Waals surface area contributed by atoms with E-state index in [0.717, 1.165) is 11.4 Å². The van der Waals surface area contributed by atoms with Crippen LogP contribution in [-0.2, 0) is 64.0 Å². The lowest BCUT2D eigenvalue weighted by molar-refractivity contribution is 0.776. The predicted molar refractivity (Wildman–Crippen MR) is 419 cm³/mol. The lowest BCUT2D eigenvalue weighted by Crippen LogP contribution is -2.10. The van der Waals surface area contributed by atoms with Gasteiger partial charge in [0.1, 0.15) is 0 Å². The van der Waals surface area contributed by atoms with Gasteiger partial charge in [-0.2, -0.15) is 0 Å². The number of nitrogens with zero attached hydrogens (tertiary/aromatic N) is 10. The molecule has 0 aliphatic carbocycles. The van der Waals surface area contributed by atoms with Crippen LogP contribution >= 0.6 is 0 Å². The van der Waals surface area contributed by atoms with Crippen molar-refractivity contribution in [1.82, 2.24) is 103 Å². The van der Waals surface area contributed by atoms with Crippen LogP contribution in [0.3, 0.4) is 0 Å². The highest BCUT2D eigenvalue weighted by atomic mass is 14.9. The smallest absolute Gasteiger partial charge is 0.0840 e. The third-order valence-electron chi connectivity index (χ3n) is 10.4. The molecule has 20 heteroatoms. The van der Waals surface area contributed by atoms with Crippen molar-refractivity contribution in [2.75, 3.05) is 135 Å². The molecule has 10 N–H and O–H groups in total. The molecule has 0 aliphatic rings. The second-order valence-electron chi connectivity index (χ2n) is 17.6. The van der Waals surface area contributed by atoms with Gasteiger partial charge in [0, 0.05) is 300 Å². The van der Waals surface area contributed by atoms with E-state index >= 15 is 0 Å². The van der Waals surface area contributed by atoms with Crippen LogP contribution in [0.15, 0.2) is 244 Å². The quantitative estimate of drug-likeness (QED) is 0.0203. The number of nitrogens with one attached hydrogen (secondary N) is 10. The van der Waals surface area contributed by atoms with Gasteiger partial charge in [-0.05, 0) is 191 Å². The number of likely N-dealkylation sites (N-methyl/N-ethyl adjacent to an activating group) is 10. The van der Waals surface area contributed by atoms with Crippen LogP contribution < -0.4 is 53.2 Å². The van der Waals surface area contributed by atoms with E-state index in [2.05, 4.69) is 87.1 Å². The molecule has 0 amide bonds. The molecular formula is C80H120N20. The maximum atomic E-state index is 7.72. The Labute approximate surface area is 671 Å². The largest absolute Gasteiger partial charge is 0.319 e. The van der Waals surface area contributed by atoms with Crippen molar-refractivity contribution < 1.29 is 68.5 Å². The summed E-state index contributed by atoms with van der Waals surface area (Å²) < 4.78 is 365. The number of rotatable bonds is 30. The predicted octanol–water partition coefficient (Wildman–Crippen LogP) is 8.44. The van der Waals surface area contributed by atoms with Gasteiger partial charge >= 0.3 is 0 Å². The van der Waals surface area contributed by atoms with Crippen molar-refractivity contribution in [1.29, 1.82) is 0 Å². The second-order valence-corrected chi connectivity index (χ2v) is 17.6. The molecule has 10 rings (SSSR count). The Morgan fingerprint density at radius 3 is 0.870 bits per heavy atom. The molecule has 0 atom stereocenters. The number of aromatic nitrogens is 10. The molecule has 0 fully saturated rings. The molecule has 0 saturated heterocycles. The highest BCUT2D eigenvalue weighted by Gasteiger charge is 1.96. The average molecular weight is 1410 g/mol. The molecule has 0 saturated carbocycles. The van der Waals surface area contributed by atoms with Gasteiger partial charge in [-0.1, -0.05) is 60.6 Å². The fourth-order valence-corrected chi connectivity index (χ4v) is 5.95. The molecule has 0 aromatic carbocycles.